The van der Waals surface area contributed by atoms with Crippen LogP contribution in [0.4, 0.5) is 11.5 Å². The molecule has 0 bridgehead atoms. The molecule has 5 heterocycles. The molecule has 0 radical (unpaired) electrons. The Morgan fingerprint density at radius 2 is 1.80 bits per heavy atom. The van der Waals surface area contributed by atoms with Crippen molar-refractivity contribution in [3.63, 3.8) is 0 Å². The molecule has 0 spiro atoms. The number of rotatable bonds is 20. The number of oxazole rings is 1. The number of piperidine rings is 1. The van der Waals surface area contributed by atoms with Crippen molar-refractivity contribution in [3.8, 4) is 11.5 Å². The van der Waals surface area contributed by atoms with Crippen LogP contribution in [0.3, 0.4) is 0 Å². The third-order valence-electron chi connectivity index (χ3n) is 12.8. The van der Waals surface area contributed by atoms with Gasteiger partial charge in [-0.05, 0) is 107 Å². The quantitative estimate of drug-likeness (QED) is 0.0712. The summed E-state index contributed by atoms with van der Waals surface area (Å²) in [6, 6.07) is 9.58. The molecule has 4 aromatic heterocycles. The van der Waals surface area contributed by atoms with Gasteiger partial charge in [0, 0.05) is 64.2 Å². The normalized spacial score (nSPS) is 19.0. The number of nitrogens with one attached hydrogen (secondary N) is 2. The van der Waals surface area contributed by atoms with Crippen LogP contribution in [0, 0.1) is 5.92 Å². The monoisotopic (exact) mass is 876 g/mol. The predicted octanol–water partition coefficient (Wildman–Crippen LogP) is 5.78. The molecule has 1 atom stereocenters. The molecule has 1 aliphatic heterocycles. The van der Waals surface area contributed by atoms with Crippen LogP contribution in [0.2, 0.25) is 0 Å². The van der Waals surface area contributed by atoms with Gasteiger partial charge in [0.25, 0.3) is 5.91 Å². The Balaban J connectivity index is 0.725. The number of imidazole rings is 1. The van der Waals surface area contributed by atoms with Gasteiger partial charge in [-0.3, -0.25) is 33.5 Å². The van der Waals surface area contributed by atoms with Gasteiger partial charge in [-0.25, -0.2) is 14.8 Å². The first kappa shape index (κ1) is 44.7. The first-order valence-electron chi connectivity index (χ1n) is 22.5. The van der Waals surface area contributed by atoms with Gasteiger partial charge in [-0.15, -0.1) is 0 Å². The number of hydrogen-bond acceptors (Lipinski definition) is 12. The van der Waals surface area contributed by atoms with E-state index in [2.05, 4.69) is 44.0 Å². The molecule has 2 N–H and O–H groups in total. The zero-order valence-electron chi connectivity index (χ0n) is 37.4. The number of carbonyl (C=O) groups excluding carboxylic acids is 3. The van der Waals surface area contributed by atoms with Crippen molar-refractivity contribution < 1.29 is 28.3 Å². The van der Waals surface area contributed by atoms with Crippen LogP contribution in [0.5, 0.6) is 0 Å². The molecule has 17 heteroatoms. The molecule has 3 amide bonds. The topological polar surface area (TPSA) is 184 Å². The Morgan fingerprint density at radius 3 is 2.55 bits per heavy atom. The lowest BCUT2D eigenvalue weighted by atomic mass is 9.86. The Kier molecular flexibility index (Phi) is 13.9. The molecule has 1 aromatic carbocycles. The van der Waals surface area contributed by atoms with E-state index in [4.69, 9.17) is 19.0 Å². The van der Waals surface area contributed by atoms with Crippen LogP contribution in [0.25, 0.3) is 28.1 Å². The fraction of sp³-hybridized carbons (Fsp3) is 0.511. The zero-order chi connectivity index (χ0) is 44.9. The molecule has 64 heavy (non-hydrogen) atoms. The molecule has 2 saturated carbocycles. The maximum atomic E-state index is 13.4. The molecule has 3 fully saturated rings. The summed E-state index contributed by atoms with van der Waals surface area (Å²) in [6.07, 6.45) is 13.5. The van der Waals surface area contributed by atoms with Gasteiger partial charge in [-0.1, -0.05) is 18.7 Å². The minimum Gasteiger partial charge on any atom is -0.444 e. The molecular weight excluding hydrogens is 817 g/mol. The average Bonchev–Trinajstić information content (AvgIpc) is 3.75. The van der Waals surface area contributed by atoms with Crippen molar-refractivity contribution in [1.82, 2.24) is 39.1 Å². The third kappa shape index (κ3) is 10.2. The number of likely N-dealkylation sites (N-methyl/N-ethyl adjacent to an activating group) is 1. The van der Waals surface area contributed by atoms with Crippen LogP contribution < -0.4 is 21.2 Å². The van der Waals surface area contributed by atoms with E-state index < -0.39 is 11.9 Å². The number of anilines is 2. The Labute approximate surface area is 372 Å². The largest absolute Gasteiger partial charge is 0.444 e. The lowest BCUT2D eigenvalue weighted by Crippen LogP contribution is -2.44. The predicted molar refractivity (Wildman–Crippen MR) is 243 cm³/mol. The molecule has 3 aliphatic rings. The van der Waals surface area contributed by atoms with Gasteiger partial charge in [0.1, 0.15) is 23.8 Å². The summed E-state index contributed by atoms with van der Waals surface area (Å²) in [4.78, 5) is 64.3. The number of aryl methyl sites for hydroxylation is 2. The highest BCUT2D eigenvalue weighted by atomic mass is 16.5. The number of pyridine rings is 1. The maximum absolute atomic E-state index is 13.4. The second-order valence-corrected chi connectivity index (χ2v) is 17.6. The average molecular weight is 877 g/mol. The number of aromatic nitrogens is 6. The van der Waals surface area contributed by atoms with Crippen LogP contribution in [0.1, 0.15) is 98.5 Å². The van der Waals surface area contributed by atoms with Crippen molar-refractivity contribution in [2.75, 3.05) is 63.8 Å². The number of nitrogens with zero attached hydrogens (tertiary/aromatic N) is 8. The summed E-state index contributed by atoms with van der Waals surface area (Å²) in [5, 5.41) is 10.2. The van der Waals surface area contributed by atoms with Gasteiger partial charge < -0.3 is 29.0 Å². The highest BCUT2D eigenvalue weighted by molar-refractivity contribution is 6.04. The summed E-state index contributed by atoms with van der Waals surface area (Å²) < 4.78 is 22.6. The van der Waals surface area contributed by atoms with Gasteiger partial charge in [-0.2, -0.15) is 5.10 Å². The van der Waals surface area contributed by atoms with Crippen molar-refractivity contribution in [1.29, 1.82) is 0 Å². The fourth-order valence-corrected chi connectivity index (χ4v) is 9.06. The Hall–Kier alpha value is -5.91. The molecule has 17 nitrogen and oxygen atoms in total. The summed E-state index contributed by atoms with van der Waals surface area (Å²) in [5.41, 5.74) is 5.23. The van der Waals surface area contributed by atoms with Crippen molar-refractivity contribution in [3.05, 3.63) is 83.0 Å². The first-order chi connectivity index (χ1) is 30.9. The van der Waals surface area contributed by atoms with E-state index in [1.165, 1.54) is 10.8 Å². The fourth-order valence-electron chi connectivity index (χ4n) is 9.06. The second kappa shape index (κ2) is 19.9. The SMILES string of the molecule is C=C(C)c1nn(C2CCC(CN(C)CCOCCOCCCc3cccc4c3n(C)c(=O)n4C3CCC(=O)NC3=O)CC2)cc1NC(=O)c1coc(-c2ccnc(N(C)C3CC3)c2)n1. The van der Waals surface area contributed by atoms with Gasteiger partial charge >= 0.3 is 5.69 Å². The molecule has 2 aliphatic carbocycles. The number of para-hydroxylation sites is 1. The molecule has 1 unspecified atom stereocenters. The van der Waals surface area contributed by atoms with E-state index >= 15 is 0 Å². The standard InChI is InChI=1S/C47H60N10O7/c1-30(2)42-36(49-44(59)37-29-64-46(50-37)33-19-20-48-40(26-33)54(4)34-15-16-34)28-56(52-42)35-13-11-31(12-14-35)27-53(3)21-23-63-25-24-62-22-7-9-32-8-6-10-38-43(32)55(5)47(61)57(38)39-17-18-41(58)51-45(39)60/h6,8,10,19-20,26,28-29,31,34-35,39H,1,7,9,11-18,21-25,27H2,2-5H3,(H,49,59)(H,51,58,60). The zero-order valence-corrected chi connectivity index (χ0v) is 37.4. The third-order valence-corrected chi connectivity index (χ3v) is 12.8. The van der Waals surface area contributed by atoms with Crippen LogP contribution >= 0.6 is 0 Å². The first-order valence-corrected chi connectivity index (χ1v) is 22.5. The number of amides is 3. The second-order valence-electron chi connectivity index (χ2n) is 17.6. The number of benzene rings is 1. The van der Waals surface area contributed by atoms with Crippen molar-refractivity contribution in [2.45, 2.75) is 89.3 Å². The van der Waals surface area contributed by atoms with E-state index in [-0.39, 0.29) is 35.7 Å². The Morgan fingerprint density at radius 1 is 1.02 bits per heavy atom. The van der Waals surface area contributed by atoms with Crippen molar-refractivity contribution in [2.24, 2.45) is 13.0 Å². The van der Waals surface area contributed by atoms with Crippen LogP contribution in [-0.4, -0.2) is 111 Å². The minimum atomic E-state index is -0.703. The van der Waals surface area contributed by atoms with Crippen LogP contribution in [-0.2, 0) is 32.5 Å². The van der Waals surface area contributed by atoms with Gasteiger partial charge in [0.05, 0.1) is 42.6 Å². The molecule has 1 saturated heterocycles. The number of allylic oxidation sites excluding steroid dienone is 1. The summed E-state index contributed by atoms with van der Waals surface area (Å²) in [7, 11) is 5.90. The highest BCUT2D eigenvalue weighted by Gasteiger charge is 2.32. The summed E-state index contributed by atoms with van der Waals surface area (Å²) >= 11 is 0. The van der Waals surface area contributed by atoms with E-state index in [0.29, 0.717) is 74.0 Å². The smallest absolute Gasteiger partial charge is 0.329 e. The molecule has 340 valence electrons. The number of carbonyl (C=O) groups is 3. The van der Waals surface area contributed by atoms with Gasteiger partial charge in [0.15, 0.2) is 5.69 Å². The van der Waals surface area contributed by atoms with Gasteiger partial charge in [0.2, 0.25) is 17.7 Å². The van der Waals surface area contributed by atoms with E-state index in [1.54, 1.807) is 17.8 Å². The van der Waals surface area contributed by atoms with Crippen molar-refractivity contribution >= 4 is 45.8 Å². The maximum Gasteiger partial charge on any atom is 0.329 e. The minimum absolute atomic E-state index is 0.185. The lowest BCUT2D eigenvalue weighted by molar-refractivity contribution is -0.135. The van der Waals surface area contributed by atoms with E-state index in [0.717, 1.165) is 86.1 Å². The number of hydrogen-bond donors (Lipinski definition) is 2. The number of ether oxygens (including phenoxy) is 2. The highest BCUT2D eigenvalue weighted by Crippen LogP contribution is 2.35. The summed E-state index contributed by atoms with van der Waals surface area (Å²) in [6.45, 7) is 10.0. The molecule has 8 rings (SSSR count). The van der Waals surface area contributed by atoms with E-state index in [1.807, 2.05) is 55.2 Å². The molecular formula is C47H60N10O7. The number of fused-ring (bicyclic) bond motifs is 1. The Bertz CT molecular complexity index is 2540. The van der Waals surface area contributed by atoms with Crippen LogP contribution in [0.15, 0.2) is 64.8 Å². The number of imide groups is 1. The summed E-state index contributed by atoms with van der Waals surface area (Å²) in [5.74, 6) is 0.682. The molecule has 5 aromatic rings. The van der Waals surface area contributed by atoms with E-state index in [9.17, 15) is 19.2 Å². The lowest BCUT2D eigenvalue weighted by Gasteiger charge is -2.31.